The van der Waals surface area contributed by atoms with Crippen LogP contribution in [0.4, 0.5) is 17.1 Å². The van der Waals surface area contributed by atoms with Crippen LogP contribution in [0.5, 0.6) is 0 Å². The minimum Gasteiger partial charge on any atom is -0.372 e. The Labute approximate surface area is 167 Å². The molecule has 1 fully saturated rings. The van der Waals surface area contributed by atoms with Crippen LogP contribution < -0.4 is 15.1 Å². The molecule has 3 rings (SSSR count). The van der Waals surface area contributed by atoms with Crippen molar-refractivity contribution >= 4 is 28.9 Å². The normalized spacial score (nSPS) is 13.5. The van der Waals surface area contributed by atoms with Crippen molar-refractivity contribution in [3.63, 3.8) is 0 Å². The summed E-state index contributed by atoms with van der Waals surface area (Å²) in [5.41, 5.74) is 4.88. The van der Waals surface area contributed by atoms with Crippen molar-refractivity contribution in [2.75, 3.05) is 34.8 Å². The number of hydrogen-bond acceptors (Lipinski definition) is 3. The zero-order chi connectivity index (χ0) is 20.1. The SMILES string of the molecule is CCc1cccc(C)c1NC(=O)CN(C(C)=O)c1ccc(N2CCCC2)cc1. The highest BCUT2D eigenvalue weighted by atomic mass is 16.2. The maximum atomic E-state index is 12.7. The lowest BCUT2D eigenvalue weighted by Gasteiger charge is -2.23. The molecule has 0 aliphatic carbocycles. The van der Waals surface area contributed by atoms with Crippen LogP contribution in [0.25, 0.3) is 0 Å². The summed E-state index contributed by atoms with van der Waals surface area (Å²) in [6, 6.07) is 13.9. The second-order valence-electron chi connectivity index (χ2n) is 7.33. The number of anilines is 3. The topological polar surface area (TPSA) is 52.7 Å². The number of carbonyl (C=O) groups is 2. The van der Waals surface area contributed by atoms with Crippen LogP contribution in [0.3, 0.4) is 0 Å². The van der Waals surface area contributed by atoms with Gasteiger partial charge in [0, 0.05) is 37.1 Å². The highest BCUT2D eigenvalue weighted by Crippen LogP contribution is 2.25. The summed E-state index contributed by atoms with van der Waals surface area (Å²) in [6.45, 7) is 7.69. The molecule has 0 saturated carbocycles. The number of hydrogen-bond donors (Lipinski definition) is 1. The van der Waals surface area contributed by atoms with Crippen molar-refractivity contribution in [3.05, 3.63) is 53.6 Å². The second kappa shape index (κ2) is 8.91. The molecular formula is C23H29N3O2. The first-order valence-electron chi connectivity index (χ1n) is 10.0. The Morgan fingerprint density at radius 3 is 2.36 bits per heavy atom. The predicted octanol–water partition coefficient (Wildman–Crippen LogP) is 4.15. The summed E-state index contributed by atoms with van der Waals surface area (Å²) in [5, 5.41) is 3.00. The molecule has 1 aliphatic rings. The van der Waals surface area contributed by atoms with Gasteiger partial charge < -0.3 is 15.1 Å². The van der Waals surface area contributed by atoms with Gasteiger partial charge in [0.25, 0.3) is 0 Å². The van der Waals surface area contributed by atoms with Gasteiger partial charge in [-0.3, -0.25) is 9.59 Å². The molecule has 0 radical (unpaired) electrons. The number of nitrogens with one attached hydrogen (secondary N) is 1. The van der Waals surface area contributed by atoms with Crippen LogP contribution in [0.15, 0.2) is 42.5 Å². The van der Waals surface area contributed by atoms with Gasteiger partial charge in [0.1, 0.15) is 6.54 Å². The van der Waals surface area contributed by atoms with Crippen LogP contribution in [0, 0.1) is 6.92 Å². The van der Waals surface area contributed by atoms with Gasteiger partial charge in [0.05, 0.1) is 0 Å². The smallest absolute Gasteiger partial charge is 0.244 e. The van der Waals surface area contributed by atoms with E-state index in [0.717, 1.165) is 42.0 Å². The first kappa shape index (κ1) is 19.9. The maximum absolute atomic E-state index is 12.7. The van der Waals surface area contributed by atoms with Gasteiger partial charge in [-0.1, -0.05) is 25.1 Å². The number of para-hydroxylation sites is 1. The van der Waals surface area contributed by atoms with E-state index in [0.29, 0.717) is 0 Å². The molecule has 0 spiro atoms. The fourth-order valence-corrected chi connectivity index (χ4v) is 3.73. The molecule has 0 unspecified atom stereocenters. The summed E-state index contributed by atoms with van der Waals surface area (Å²) in [5.74, 6) is -0.340. The molecule has 1 saturated heterocycles. The quantitative estimate of drug-likeness (QED) is 0.820. The molecule has 148 valence electrons. The van der Waals surface area contributed by atoms with Gasteiger partial charge in [-0.15, -0.1) is 0 Å². The molecule has 0 atom stereocenters. The van der Waals surface area contributed by atoms with Crippen molar-refractivity contribution in [1.29, 1.82) is 0 Å². The molecule has 5 nitrogen and oxygen atoms in total. The summed E-state index contributed by atoms with van der Waals surface area (Å²) in [7, 11) is 0. The minimum atomic E-state index is -0.192. The summed E-state index contributed by atoms with van der Waals surface area (Å²) < 4.78 is 0. The van der Waals surface area contributed by atoms with E-state index in [1.165, 1.54) is 30.4 Å². The van der Waals surface area contributed by atoms with Crippen molar-refractivity contribution < 1.29 is 9.59 Å². The third-order valence-corrected chi connectivity index (χ3v) is 5.32. The van der Waals surface area contributed by atoms with Gasteiger partial charge >= 0.3 is 0 Å². The third-order valence-electron chi connectivity index (χ3n) is 5.32. The fraction of sp³-hybridized carbons (Fsp3) is 0.391. The van der Waals surface area contributed by atoms with Crippen LogP contribution in [0.2, 0.25) is 0 Å². The molecule has 0 aromatic heterocycles. The first-order chi connectivity index (χ1) is 13.5. The molecule has 5 heteroatoms. The lowest BCUT2D eigenvalue weighted by Crippen LogP contribution is -2.37. The second-order valence-corrected chi connectivity index (χ2v) is 7.33. The molecule has 1 aliphatic heterocycles. The highest BCUT2D eigenvalue weighted by Gasteiger charge is 2.18. The Bertz CT molecular complexity index is 839. The number of carbonyl (C=O) groups excluding carboxylic acids is 2. The Morgan fingerprint density at radius 1 is 1.07 bits per heavy atom. The Kier molecular flexibility index (Phi) is 6.34. The lowest BCUT2D eigenvalue weighted by molar-refractivity contribution is -0.120. The van der Waals surface area contributed by atoms with E-state index in [4.69, 9.17) is 0 Å². The first-order valence-corrected chi connectivity index (χ1v) is 10.0. The van der Waals surface area contributed by atoms with Crippen molar-refractivity contribution in [2.45, 2.75) is 40.0 Å². The molecule has 1 heterocycles. The highest BCUT2D eigenvalue weighted by molar-refractivity contribution is 6.02. The standard InChI is InChI=1S/C23H29N3O2/c1-4-19-9-7-8-17(2)23(19)24-22(28)16-26(18(3)27)21-12-10-20(11-13-21)25-14-5-6-15-25/h7-13H,4-6,14-16H2,1-3H3,(H,24,28). The predicted molar refractivity (Wildman–Crippen MR) is 115 cm³/mol. The van der Waals surface area contributed by atoms with Crippen LogP contribution in [-0.2, 0) is 16.0 Å². The van der Waals surface area contributed by atoms with E-state index < -0.39 is 0 Å². The lowest BCUT2D eigenvalue weighted by atomic mass is 10.1. The number of benzene rings is 2. The summed E-state index contributed by atoms with van der Waals surface area (Å²) in [6.07, 6.45) is 3.28. The molecule has 2 amide bonds. The van der Waals surface area contributed by atoms with Gasteiger partial charge in [-0.2, -0.15) is 0 Å². The van der Waals surface area contributed by atoms with E-state index in [9.17, 15) is 9.59 Å². The minimum absolute atomic E-state index is 0.00408. The van der Waals surface area contributed by atoms with E-state index >= 15 is 0 Å². The van der Waals surface area contributed by atoms with Crippen molar-refractivity contribution in [2.24, 2.45) is 0 Å². The van der Waals surface area contributed by atoms with Crippen LogP contribution in [-0.4, -0.2) is 31.4 Å². The number of amides is 2. The molecule has 2 aromatic carbocycles. The molecular weight excluding hydrogens is 350 g/mol. The van der Waals surface area contributed by atoms with E-state index in [-0.39, 0.29) is 18.4 Å². The average Bonchev–Trinajstić information content (AvgIpc) is 3.22. The van der Waals surface area contributed by atoms with E-state index in [1.807, 2.05) is 49.4 Å². The average molecular weight is 380 g/mol. The van der Waals surface area contributed by atoms with Crippen LogP contribution in [0.1, 0.15) is 37.8 Å². The Hall–Kier alpha value is -2.82. The monoisotopic (exact) mass is 379 g/mol. The van der Waals surface area contributed by atoms with E-state index in [1.54, 1.807) is 0 Å². The van der Waals surface area contributed by atoms with Crippen LogP contribution >= 0.6 is 0 Å². The molecule has 0 bridgehead atoms. The largest absolute Gasteiger partial charge is 0.372 e. The number of aryl methyl sites for hydroxylation is 2. The van der Waals surface area contributed by atoms with E-state index in [2.05, 4.69) is 17.1 Å². The zero-order valence-corrected chi connectivity index (χ0v) is 17.0. The Morgan fingerprint density at radius 2 is 1.75 bits per heavy atom. The number of rotatable bonds is 6. The summed E-state index contributed by atoms with van der Waals surface area (Å²) >= 11 is 0. The van der Waals surface area contributed by atoms with Gasteiger partial charge in [0.2, 0.25) is 11.8 Å². The van der Waals surface area contributed by atoms with Gasteiger partial charge in [0.15, 0.2) is 0 Å². The Balaban J connectivity index is 1.72. The molecule has 28 heavy (non-hydrogen) atoms. The summed E-state index contributed by atoms with van der Waals surface area (Å²) in [4.78, 5) is 28.7. The van der Waals surface area contributed by atoms with Gasteiger partial charge in [-0.05, 0) is 61.6 Å². The third kappa shape index (κ3) is 4.53. The maximum Gasteiger partial charge on any atom is 0.244 e. The van der Waals surface area contributed by atoms with Crippen molar-refractivity contribution in [3.8, 4) is 0 Å². The number of nitrogens with zero attached hydrogens (tertiary/aromatic N) is 2. The van der Waals surface area contributed by atoms with Crippen molar-refractivity contribution in [1.82, 2.24) is 0 Å². The molecule has 1 N–H and O–H groups in total. The fourth-order valence-electron chi connectivity index (χ4n) is 3.73. The molecule has 2 aromatic rings. The van der Waals surface area contributed by atoms with Gasteiger partial charge in [-0.25, -0.2) is 0 Å². The zero-order valence-electron chi connectivity index (χ0n) is 17.0.